The molecule has 0 saturated carbocycles. The quantitative estimate of drug-likeness (QED) is 0.554. The minimum atomic E-state index is 0. The average molecular weight is 314 g/mol. The monoisotopic (exact) mass is 314 g/mol. The van der Waals surface area contributed by atoms with Gasteiger partial charge in [0.25, 0.3) is 0 Å². The van der Waals surface area contributed by atoms with E-state index < -0.39 is 0 Å². The molecule has 0 radical (unpaired) electrons. The van der Waals surface area contributed by atoms with E-state index in [1.165, 1.54) is 5.56 Å². The standard InChI is InChI=1S/C18H21BO2.2H2O/c1-20-13-3-2-4-14-21-18-11-7-16(8-12-18)15-5-9-17(19)10-6-15;;/h5-12H,2-4,13-14H2,1H3;2*1H2/q+2;;/p-2. The third-order valence-electron chi connectivity index (χ3n) is 3.36. The predicted octanol–water partition coefficient (Wildman–Crippen LogP) is 2.99. The maximum Gasteiger partial charge on any atom is -0.870 e. The van der Waals surface area contributed by atoms with Crippen LogP contribution in [0.3, 0.4) is 0 Å². The molecule has 0 aliphatic carbocycles. The molecule has 0 aromatic heterocycles. The maximum atomic E-state index is 5.74. The molecule has 0 amide bonds. The van der Waals surface area contributed by atoms with Gasteiger partial charge in [-0.05, 0) is 6.42 Å². The summed E-state index contributed by atoms with van der Waals surface area (Å²) < 4.78 is 10.8. The number of hydrogen-bond acceptors (Lipinski definition) is 4. The molecule has 0 fully saturated rings. The summed E-state index contributed by atoms with van der Waals surface area (Å²) in [6.07, 6.45) is 3.29. The Morgan fingerprint density at radius 3 is 1.83 bits per heavy atom. The minimum Gasteiger partial charge on any atom is -0.870 e. The van der Waals surface area contributed by atoms with E-state index in [1.54, 1.807) is 7.11 Å². The van der Waals surface area contributed by atoms with Gasteiger partial charge in [0.05, 0.1) is 0 Å². The van der Waals surface area contributed by atoms with Crippen molar-refractivity contribution < 1.29 is 20.4 Å². The fourth-order valence-electron chi connectivity index (χ4n) is 2.13. The SMILES string of the molecule is [B+2]c1ccc(-c2ccc(OCCCCCOC)cc2)cc1.[OH-].[OH-]. The molecule has 122 valence electrons. The zero-order valence-corrected chi connectivity index (χ0v) is 13.4. The molecule has 0 aliphatic rings. The summed E-state index contributed by atoms with van der Waals surface area (Å²) in [5, 5.41) is 0. The Morgan fingerprint density at radius 2 is 1.26 bits per heavy atom. The van der Waals surface area contributed by atoms with E-state index in [0.29, 0.717) is 0 Å². The van der Waals surface area contributed by atoms with E-state index >= 15 is 0 Å². The summed E-state index contributed by atoms with van der Waals surface area (Å²) in [6, 6.07) is 16.1. The van der Waals surface area contributed by atoms with Gasteiger partial charge in [-0.15, -0.1) is 0 Å². The Kier molecular flexibility index (Phi) is 10.8. The minimum absolute atomic E-state index is 0. The molecule has 2 rings (SSSR count). The van der Waals surface area contributed by atoms with Crippen molar-refractivity contribution in [1.82, 2.24) is 0 Å². The Hall–Kier alpha value is -1.82. The molecular formula is C18H23BO4. The number of unbranched alkanes of at least 4 members (excludes halogenated alkanes) is 2. The van der Waals surface area contributed by atoms with E-state index in [2.05, 4.69) is 12.1 Å². The Labute approximate surface area is 139 Å². The second-order valence-electron chi connectivity index (χ2n) is 5.05. The third kappa shape index (κ3) is 7.33. The van der Waals surface area contributed by atoms with Crippen LogP contribution in [0, 0.1) is 0 Å². The van der Waals surface area contributed by atoms with Crippen LogP contribution in [-0.2, 0) is 4.74 Å². The Morgan fingerprint density at radius 1 is 0.739 bits per heavy atom. The normalized spacial score (nSPS) is 9.70. The zero-order valence-electron chi connectivity index (χ0n) is 13.4. The van der Waals surface area contributed by atoms with Crippen LogP contribution in [0.2, 0.25) is 0 Å². The van der Waals surface area contributed by atoms with Crippen LogP contribution < -0.4 is 10.2 Å². The van der Waals surface area contributed by atoms with Crippen LogP contribution in [0.4, 0.5) is 0 Å². The van der Waals surface area contributed by atoms with Gasteiger partial charge in [-0.25, -0.2) is 0 Å². The molecule has 23 heavy (non-hydrogen) atoms. The van der Waals surface area contributed by atoms with Gasteiger partial charge in [0.2, 0.25) is 0 Å². The summed E-state index contributed by atoms with van der Waals surface area (Å²) in [7, 11) is 7.43. The molecule has 0 bridgehead atoms. The van der Waals surface area contributed by atoms with Crippen molar-refractivity contribution >= 4 is 13.3 Å². The van der Waals surface area contributed by atoms with Gasteiger partial charge in [0, 0.05) is 13.7 Å². The first-order valence-corrected chi connectivity index (χ1v) is 7.37. The van der Waals surface area contributed by atoms with Gasteiger partial charge in [-0.1, -0.05) is 0 Å². The van der Waals surface area contributed by atoms with Crippen LogP contribution in [0.25, 0.3) is 11.1 Å². The fraction of sp³-hybridized carbons (Fsp3) is 0.333. The number of ether oxygens (including phenoxy) is 2. The molecule has 4 nitrogen and oxygen atoms in total. The summed E-state index contributed by atoms with van der Waals surface area (Å²) >= 11 is 0. The topological polar surface area (TPSA) is 78.5 Å². The largest absolute Gasteiger partial charge is 0.870 e. The van der Waals surface area contributed by atoms with Crippen LogP contribution in [0.15, 0.2) is 48.5 Å². The van der Waals surface area contributed by atoms with Crippen molar-refractivity contribution in [2.45, 2.75) is 19.3 Å². The van der Waals surface area contributed by atoms with Gasteiger partial charge < -0.3 is 15.7 Å². The molecule has 0 aliphatic heterocycles. The van der Waals surface area contributed by atoms with Crippen LogP contribution in [-0.4, -0.2) is 39.1 Å². The molecule has 0 saturated heterocycles. The first-order valence-electron chi connectivity index (χ1n) is 7.37. The van der Waals surface area contributed by atoms with Crippen LogP contribution in [0.5, 0.6) is 5.75 Å². The maximum absolute atomic E-state index is 5.74. The van der Waals surface area contributed by atoms with Crippen molar-refractivity contribution in [2.24, 2.45) is 0 Å². The number of rotatable bonds is 8. The predicted molar refractivity (Wildman–Crippen MR) is 92.4 cm³/mol. The van der Waals surface area contributed by atoms with E-state index in [4.69, 9.17) is 17.3 Å². The van der Waals surface area contributed by atoms with Crippen molar-refractivity contribution in [2.75, 3.05) is 20.3 Å². The Bertz CT molecular complexity index is 526. The second kappa shape index (κ2) is 11.7. The van der Waals surface area contributed by atoms with Gasteiger partial charge in [-0.2, -0.15) is 0 Å². The molecule has 2 aromatic rings. The molecule has 0 unspecified atom stereocenters. The molecule has 0 spiro atoms. The van der Waals surface area contributed by atoms with Crippen molar-refractivity contribution in [1.29, 1.82) is 0 Å². The van der Waals surface area contributed by atoms with Gasteiger partial charge >= 0.3 is 103 Å². The van der Waals surface area contributed by atoms with Crippen molar-refractivity contribution in [3.05, 3.63) is 48.5 Å². The third-order valence-corrected chi connectivity index (χ3v) is 3.36. The number of methoxy groups -OCH3 is 1. The average Bonchev–Trinajstić information content (AvgIpc) is 2.52. The summed E-state index contributed by atoms with van der Waals surface area (Å²) in [6.45, 7) is 1.58. The van der Waals surface area contributed by atoms with Gasteiger partial charge in [-0.3, -0.25) is 0 Å². The molecular weight excluding hydrogens is 291 g/mol. The van der Waals surface area contributed by atoms with Gasteiger partial charge in [0.1, 0.15) is 0 Å². The summed E-state index contributed by atoms with van der Waals surface area (Å²) in [5.74, 6) is 0.918. The molecule has 2 aromatic carbocycles. The van der Waals surface area contributed by atoms with Crippen LogP contribution in [0.1, 0.15) is 19.3 Å². The molecule has 5 heteroatoms. The second-order valence-corrected chi connectivity index (χ2v) is 5.05. The van der Waals surface area contributed by atoms with E-state index in [-0.39, 0.29) is 11.0 Å². The molecule has 0 atom stereocenters. The summed E-state index contributed by atoms with van der Waals surface area (Å²) in [5.41, 5.74) is 3.12. The molecule has 0 heterocycles. The summed E-state index contributed by atoms with van der Waals surface area (Å²) in [4.78, 5) is 0. The Balaban J connectivity index is 0.00000242. The smallest absolute Gasteiger partial charge is 0.870 e. The number of hydrogen-bond donors (Lipinski definition) is 0. The van der Waals surface area contributed by atoms with Crippen molar-refractivity contribution in [3.63, 3.8) is 0 Å². The van der Waals surface area contributed by atoms with E-state index in [0.717, 1.165) is 49.3 Å². The van der Waals surface area contributed by atoms with Crippen LogP contribution >= 0.6 is 0 Å². The fourth-order valence-corrected chi connectivity index (χ4v) is 2.13. The first kappa shape index (κ1) is 21.2. The van der Waals surface area contributed by atoms with E-state index in [1.807, 2.05) is 36.4 Å². The zero-order chi connectivity index (χ0) is 14.9. The van der Waals surface area contributed by atoms with Crippen molar-refractivity contribution in [3.8, 4) is 16.9 Å². The van der Waals surface area contributed by atoms with E-state index in [9.17, 15) is 0 Å². The molecule has 2 N–H and O–H groups in total. The number of benzene rings is 2. The first-order chi connectivity index (χ1) is 10.3. The van der Waals surface area contributed by atoms with Gasteiger partial charge in [0.15, 0.2) is 0 Å².